The molecule has 0 heterocycles. The first-order valence-corrected chi connectivity index (χ1v) is 5.48. The van der Waals surface area contributed by atoms with E-state index in [4.69, 9.17) is 0 Å². The lowest BCUT2D eigenvalue weighted by Crippen LogP contribution is -2.48. The van der Waals surface area contributed by atoms with E-state index in [9.17, 15) is 4.79 Å². The monoisotopic (exact) mass is 250 g/mol. The normalized spacial score (nSPS) is 12.2. The Hall–Kier alpha value is -0.280. The average molecular weight is 251 g/mol. The van der Waals surface area contributed by atoms with Crippen LogP contribution in [0.3, 0.4) is 0 Å². The van der Waals surface area contributed by atoms with Gasteiger partial charge in [0.25, 0.3) is 0 Å². The molecule has 16 heavy (non-hydrogen) atoms. The van der Waals surface area contributed by atoms with Crippen molar-refractivity contribution in [2.75, 3.05) is 20.6 Å². The molecule has 0 spiro atoms. The second-order valence-corrected chi connectivity index (χ2v) is 6.41. The zero-order valence-electron chi connectivity index (χ0n) is 11.7. The first kappa shape index (κ1) is 18.1. The van der Waals surface area contributed by atoms with Crippen LogP contribution in [0.25, 0.3) is 0 Å². The van der Waals surface area contributed by atoms with E-state index < -0.39 is 0 Å². The van der Waals surface area contributed by atoms with Crippen molar-refractivity contribution in [2.45, 2.75) is 46.6 Å². The molecule has 4 heteroatoms. The van der Waals surface area contributed by atoms with E-state index in [2.05, 4.69) is 39.9 Å². The van der Waals surface area contributed by atoms with Gasteiger partial charge < -0.3 is 10.2 Å². The predicted molar refractivity (Wildman–Crippen MR) is 72.1 cm³/mol. The van der Waals surface area contributed by atoms with Crippen LogP contribution in [0.5, 0.6) is 0 Å². The molecule has 98 valence electrons. The van der Waals surface area contributed by atoms with Gasteiger partial charge in [-0.1, -0.05) is 20.8 Å². The summed E-state index contributed by atoms with van der Waals surface area (Å²) in [4.78, 5) is 13.5. The Morgan fingerprint density at radius 3 is 1.88 bits per heavy atom. The molecule has 0 radical (unpaired) electrons. The Labute approximate surface area is 106 Å². The highest BCUT2D eigenvalue weighted by molar-refractivity contribution is 5.85. The molecule has 0 aromatic heterocycles. The molecule has 0 saturated carbocycles. The van der Waals surface area contributed by atoms with Crippen molar-refractivity contribution < 1.29 is 4.79 Å². The summed E-state index contributed by atoms with van der Waals surface area (Å²) in [6, 6.07) is 0. The molecule has 0 rings (SSSR count). The molecule has 0 bridgehead atoms. The van der Waals surface area contributed by atoms with Gasteiger partial charge in [0, 0.05) is 5.54 Å². The van der Waals surface area contributed by atoms with Gasteiger partial charge in [0.2, 0.25) is 5.91 Å². The summed E-state index contributed by atoms with van der Waals surface area (Å²) in [7, 11) is 3.80. The maximum Gasteiger partial charge on any atom is 0.234 e. The van der Waals surface area contributed by atoms with E-state index in [0.29, 0.717) is 6.54 Å². The van der Waals surface area contributed by atoms with Crippen molar-refractivity contribution in [1.29, 1.82) is 0 Å². The quantitative estimate of drug-likeness (QED) is 0.831. The van der Waals surface area contributed by atoms with E-state index in [1.54, 1.807) is 0 Å². The summed E-state index contributed by atoms with van der Waals surface area (Å²) in [5.74, 6) is 0.0919. The van der Waals surface area contributed by atoms with Gasteiger partial charge in [0.15, 0.2) is 0 Å². The fourth-order valence-corrected chi connectivity index (χ4v) is 2.07. The number of hydrogen-bond acceptors (Lipinski definition) is 2. The number of rotatable bonds is 4. The first-order valence-electron chi connectivity index (χ1n) is 5.48. The van der Waals surface area contributed by atoms with Crippen LogP contribution in [0, 0.1) is 5.41 Å². The largest absolute Gasteiger partial charge is 0.350 e. The minimum Gasteiger partial charge on any atom is -0.350 e. The maximum absolute atomic E-state index is 11.6. The number of carbonyl (C=O) groups excluding carboxylic acids is 1. The lowest BCUT2D eigenvalue weighted by Gasteiger charge is -2.33. The second-order valence-electron chi connectivity index (χ2n) is 6.41. The summed E-state index contributed by atoms with van der Waals surface area (Å²) in [6.45, 7) is 11.2. The van der Waals surface area contributed by atoms with Gasteiger partial charge in [-0.25, -0.2) is 0 Å². The van der Waals surface area contributed by atoms with E-state index in [1.165, 1.54) is 0 Å². The van der Waals surface area contributed by atoms with Gasteiger partial charge in [0.05, 0.1) is 6.54 Å². The number of carbonyl (C=O) groups is 1. The smallest absolute Gasteiger partial charge is 0.234 e. The summed E-state index contributed by atoms with van der Waals surface area (Å²) >= 11 is 0. The number of hydrogen-bond donors (Lipinski definition) is 1. The molecule has 0 aromatic carbocycles. The lowest BCUT2D eigenvalue weighted by atomic mass is 9.82. The Morgan fingerprint density at radius 1 is 1.12 bits per heavy atom. The summed E-state index contributed by atoms with van der Waals surface area (Å²) < 4.78 is 0. The molecule has 1 N–H and O–H groups in total. The molecule has 3 nitrogen and oxygen atoms in total. The van der Waals surface area contributed by atoms with Crippen molar-refractivity contribution in [3.05, 3.63) is 0 Å². The number of nitrogens with zero attached hydrogens (tertiary/aromatic N) is 1. The Balaban J connectivity index is 0. The Bertz CT molecular complexity index is 220. The SMILES string of the molecule is CN(C)CC(=O)NC(C)(C)CC(C)(C)C.Cl. The van der Waals surface area contributed by atoms with Crippen LogP contribution in [0.15, 0.2) is 0 Å². The zero-order valence-corrected chi connectivity index (χ0v) is 12.5. The van der Waals surface area contributed by atoms with E-state index in [0.717, 1.165) is 6.42 Å². The van der Waals surface area contributed by atoms with Crippen molar-refractivity contribution >= 4 is 18.3 Å². The summed E-state index contributed by atoms with van der Waals surface area (Å²) in [5, 5.41) is 3.06. The molecule has 0 aliphatic rings. The molecule has 0 atom stereocenters. The lowest BCUT2D eigenvalue weighted by molar-refractivity contribution is -0.123. The molecule has 0 unspecified atom stereocenters. The van der Waals surface area contributed by atoms with Crippen molar-refractivity contribution in [1.82, 2.24) is 10.2 Å². The minimum absolute atomic E-state index is 0. The molecule has 0 saturated heterocycles. The van der Waals surface area contributed by atoms with Crippen LogP contribution in [0.2, 0.25) is 0 Å². The third-order valence-electron chi connectivity index (χ3n) is 1.91. The second kappa shape index (κ2) is 6.45. The predicted octanol–water partition coefficient (Wildman–Crippen LogP) is 2.30. The molecular weight excluding hydrogens is 224 g/mol. The van der Waals surface area contributed by atoms with Crippen molar-refractivity contribution in [3.63, 3.8) is 0 Å². The standard InChI is InChI=1S/C12H26N2O.ClH/c1-11(2,3)9-12(4,5)13-10(15)8-14(6)7;/h8-9H2,1-7H3,(H,13,15);1H. The van der Waals surface area contributed by atoms with Crippen LogP contribution < -0.4 is 5.32 Å². The number of likely N-dealkylation sites (N-methyl/N-ethyl adjacent to an activating group) is 1. The highest BCUT2D eigenvalue weighted by Gasteiger charge is 2.26. The highest BCUT2D eigenvalue weighted by Crippen LogP contribution is 2.26. The van der Waals surface area contributed by atoms with Gasteiger partial charge in [-0.15, -0.1) is 12.4 Å². The van der Waals surface area contributed by atoms with Crippen molar-refractivity contribution in [3.8, 4) is 0 Å². The first-order chi connectivity index (χ1) is 6.52. The molecule has 0 aliphatic carbocycles. The zero-order chi connectivity index (χ0) is 12.3. The van der Waals surface area contributed by atoms with Gasteiger partial charge in [0.1, 0.15) is 0 Å². The number of amides is 1. The maximum atomic E-state index is 11.6. The molecule has 1 amide bonds. The molecule has 0 aromatic rings. The number of halogens is 1. The van der Waals surface area contributed by atoms with Crippen LogP contribution in [0.4, 0.5) is 0 Å². The van der Waals surface area contributed by atoms with Gasteiger partial charge >= 0.3 is 0 Å². The van der Waals surface area contributed by atoms with Gasteiger partial charge in [-0.2, -0.15) is 0 Å². The van der Waals surface area contributed by atoms with Crippen molar-refractivity contribution in [2.24, 2.45) is 5.41 Å². The summed E-state index contributed by atoms with van der Waals surface area (Å²) in [5.41, 5.74) is 0.0975. The highest BCUT2D eigenvalue weighted by atomic mass is 35.5. The number of nitrogens with one attached hydrogen (secondary N) is 1. The van der Waals surface area contributed by atoms with Gasteiger partial charge in [-0.05, 0) is 39.8 Å². The van der Waals surface area contributed by atoms with E-state index in [1.807, 2.05) is 19.0 Å². The van der Waals surface area contributed by atoms with Crippen LogP contribution >= 0.6 is 12.4 Å². The fourth-order valence-electron chi connectivity index (χ4n) is 2.07. The van der Waals surface area contributed by atoms with Gasteiger partial charge in [-0.3, -0.25) is 4.79 Å². The fraction of sp³-hybridized carbons (Fsp3) is 0.917. The van der Waals surface area contributed by atoms with Crippen LogP contribution in [-0.4, -0.2) is 37.0 Å². The Morgan fingerprint density at radius 2 is 1.56 bits per heavy atom. The topological polar surface area (TPSA) is 32.3 Å². The minimum atomic E-state index is -0.134. The molecule has 0 fully saturated rings. The van der Waals surface area contributed by atoms with E-state index in [-0.39, 0.29) is 29.3 Å². The van der Waals surface area contributed by atoms with Crippen LogP contribution in [-0.2, 0) is 4.79 Å². The summed E-state index contributed by atoms with van der Waals surface area (Å²) in [6.07, 6.45) is 0.971. The third-order valence-corrected chi connectivity index (χ3v) is 1.91. The average Bonchev–Trinajstić information content (AvgIpc) is 1.73. The third kappa shape index (κ3) is 10.2. The Kier molecular flexibility index (Phi) is 7.30. The molecule has 0 aliphatic heterocycles. The van der Waals surface area contributed by atoms with Crippen LogP contribution in [0.1, 0.15) is 41.0 Å². The molecular formula is C12H27ClN2O. The van der Waals surface area contributed by atoms with E-state index >= 15 is 0 Å².